The van der Waals surface area contributed by atoms with Crippen molar-refractivity contribution >= 4 is 6.09 Å². The van der Waals surface area contributed by atoms with E-state index in [1.165, 1.54) is 56.9 Å². The van der Waals surface area contributed by atoms with Crippen LogP contribution in [0.1, 0.15) is 43.7 Å². The van der Waals surface area contributed by atoms with Gasteiger partial charge in [-0.3, -0.25) is 0 Å². The van der Waals surface area contributed by atoms with Crippen molar-refractivity contribution in [2.45, 2.75) is 51.5 Å². The topological polar surface area (TPSA) is 48.6 Å². The predicted molar refractivity (Wildman–Crippen MR) is 95.2 cm³/mol. The lowest BCUT2D eigenvalue weighted by molar-refractivity contribution is 0.131. The van der Waals surface area contributed by atoms with E-state index in [9.17, 15) is 4.79 Å². The number of aromatic amines is 1. The smallest absolute Gasteiger partial charge is 0.409 e. The second-order valence-corrected chi connectivity index (χ2v) is 7.24. The molecule has 2 aliphatic rings. The SMILES string of the molecule is CCN(CCCC1CCN(C(=O)OC)C1)C1CCc2c[nH]cc2C1. The van der Waals surface area contributed by atoms with Crippen molar-refractivity contribution in [3.8, 4) is 0 Å². The minimum atomic E-state index is -0.169. The monoisotopic (exact) mass is 333 g/mol. The summed E-state index contributed by atoms with van der Waals surface area (Å²) in [5, 5.41) is 0. The molecule has 2 unspecified atom stereocenters. The Bertz CT molecular complexity index is 542. The number of nitrogens with zero attached hydrogens (tertiary/aromatic N) is 2. The number of ether oxygens (including phenoxy) is 1. The van der Waals surface area contributed by atoms with Crippen LogP contribution in [0.4, 0.5) is 4.79 Å². The highest BCUT2D eigenvalue weighted by Crippen LogP contribution is 2.26. The molecule has 1 fully saturated rings. The molecule has 2 atom stereocenters. The number of hydrogen-bond acceptors (Lipinski definition) is 3. The first-order chi connectivity index (χ1) is 11.7. The van der Waals surface area contributed by atoms with E-state index < -0.39 is 0 Å². The molecule has 1 aromatic heterocycles. The molecule has 1 aromatic rings. The fraction of sp³-hybridized carbons (Fsp3) is 0.737. The van der Waals surface area contributed by atoms with E-state index in [1.54, 1.807) is 0 Å². The highest BCUT2D eigenvalue weighted by atomic mass is 16.5. The number of methoxy groups -OCH3 is 1. The number of hydrogen-bond donors (Lipinski definition) is 1. The van der Waals surface area contributed by atoms with Gasteiger partial charge in [-0.1, -0.05) is 6.92 Å². The second-order valence-electron chi connectivity index (χ2n) is 7.24. The zero-order valence-electron chi connectivity index (χ0n) is 15.1. The van der Waals surface area contributed by atoms with Crippen LogP contribution in [0.2, 0.25) is 0 Å². The normalized spacial score (nSPS) is 23.5. The molecule has 1 amide bonds. The summed E-state index contributed by atoms with van der Waals surface area (Å²) in [4.78, 5) is 19.3. The highest BCUT2D eigenvalue weighted by molar-refractivity contribution is 5.67. The number of carbonyl (C=O) groups excluding carboxylic acids is 1. The lowest BCUT2D eigenvalue weighted by Gasteiger charge is -2.33. The third-order valence-corrected chi connectivity index (χ3v) is 5.83. The first-order valence-electron chi connectivity index (χ1n) is 9.42. The Labute approximate surface area is 145 Å². The minimum Gasteiger partial charge on any atom is -0.453 e. The number of aromatic nitrogens is 1. The molecular formula is C19H31N3O2. The third-order valence-electron chi connectivity index (χ3n) is 5.83. The average molecular weight is 333 g/mol. The number of aryl methyl sites for hydroxylation is 1. The van der Waals surface area contributed by atoms with Gasteiger partial charge in [-0.25, -0.2) is 4.79 Å². The zero-order valence-corrected chi connectivity index (χ0v) is 15.1. The standard InChI is InChI=1S/C19H31N3O2/c1-3-21(18-7-6-16-12-20-13-17(16)11-18)9-4-5-15-8-10-22(14-15)19(23)24-2/h12-13,15,18,20H,3-11,14H2,1-2H3. The Hall–Kier alpha value is -1.49. The molecule has 0 aromatic carbocycles. The van der Waals surface area contributed by atoms with Crippen LogP contribution in [0.25, 0.3) is 0 Å². The van der Waals surface area contributed by atoms with Gasteiger partial charge in [0, 0.05) is 31.5 Å². The summed E-state index contributed by atoms with van der Waals surface area (Å²) in [6.07, 6.45) is 11.4. The fourth-order valence-corrected chi connectivity index (χ4v) is 4.39. The Morgan fingerprint density at radius 2 is 2.21 bits per heavy atom. The molecule has 24 heavy (non-hydrogen) atoms. The van der Waals surface area contributed by atoms with Crippen LogP contribution in [0.5, 0.6) is 0 Å². The summed E-state index contributed by atoms with van der Waals surface area (Å²) < 4.78 is 4.82. The van der Waals surface area contributed by atoms with Crippen LogP contribution in [0, 0.1) is 5.92 Å². The van der Waals surface area contributed by atoms with Gasteiger partial charge in [0.15, 0.2) is 0 Å². The Morgan fingerprint density at radius 3 is 3.00 bits per heavy atom. The molecule has 5 heteroatoms. The van der Waals surface area contributed by atoms with Crippen LogP contribution < -0.4 is 0 Å². The number of nitrogens with one attached hydrogen (secondary N) is 1. The molecule has 1 aliphatic carbocycles. The van der Waals surface area contributed by atoms with Crippen LogP contribution >= 0.6 is 0 Å². The molecule has 1 saturated heterocycles. The zero-order chi connectivity index (χ0) is 16.9. The van der Waals surface area contributed by atoms with Gasteiger partial charge in [-0.15, -0.1) is 0 Å². The Balaban J connectivity index is 1.42. The number of likely N-dealkylation sites (N-methyl/N-ethyl adjacent to an activating group) is 1. The van der Waals surface area contributed by atoms with Gasteiger partial charge in [0.05, 0.1) is 7.11 Å². The van der Waals surface area contributed by atoms with Crippen molar-refractivity contribution in [1.29, 1.82) is 0 Å². The minimum absolute atomic E-state index is 0.169. The van der Waals surface area contributed by atoms with Gasteiger partial charge in [-0.05, 0) is 68.7 Å². The quantitative estimate of drug-likeness (QED) is 0.870. The summed E-state index contributed by atoms with van der Waals surface area (Å²) in [6, 6.07) is 0.688. The Kier molecular flexibility index (Phi) is 5.82. The van der Waals surface area contributed by atoms with Gasteiger partial charge < -0.3 is 19.5 Å². The number of amides is 1. The summed E-state index contributed by atoms with van der Waals surface area (Å²) in [5.74, 6) is 0.644. The summed E-state index contributed by atoms with van der Waals surface area (Å²) in [6.45, 7) is 6.31. The van der Waals surface area contributed by atoms with Crippen molar-refractivity contribution in [2.24, 2.45) is 5.92 Å². The molecule has 1 N–H and O–H groups in total. The number of fused-ring (bicyclic) bond motifs is 1. The summed E-state index contributed by atoms with van der Waals surface area (Å²) in [5.41, 5.74) is 3.02. The van der Waals surface area contributed by atoms with E-state index in [2.05, 4.69) is 29.2 Å². The van der Waals surface area contributed by atoms with E-state index in [1.807, 2.05) is 4.90 Å². The van der Waals surface area contributed by atoms with E-state index in [0.29, 0.717) is 12.0 Å². The molecule has 0 saturated carbocycles. The van der Waals surface area contributed by atoms with Gasteiger partial charge in [0.25, 0.3) is 0 Å². The summed E-state index contributed by atoms with van der Waals surface area (Å²) in [7, 11) is 1.47. The number of rotatable bonds is 6. The third kappa shape index (κ3) is 3.94. The van der Waals surface area contributed by atoms with Crippen LogP contribution in [0.15, 0.2) is 12.4 Å². The average Bonchev–Trinajstić information content (AvgIpc) is 3.26. The van der Waals surface area contributed by atoms with Crippen LogP contribution in [-0.4, -0.2) is 60.2 Å². The van der Waals surface area contributed by atoms with Gasteiger partial charge >= 0.3 is 6.09 Å². The number of likely N-dealkylation sites (tertiary alicyclic amines) is 1. The van der Waals surface area contributed by atoms with E-state index in [4.69, 9.17) is 4.74 Å². The number of carbonyl (C=O) groups is 1. The highest BCUT2D eigenvalue weighted by Gasteiger charge is 2.27. The molecule has 0 spiro atoms. The van der Waals surface area contributed by atoms with E-state index in [0.717, 1.165) is 26.1 Å². The number of H-pyrrole nitrogens is 1. The van der Waals surface area contributed by atoms with E-state index >= 15 is 0 Å². The van der Waals surface area contributed by atoms with E-state index in [-0.39, 0.29) is 6.09 Å². The van der Waals surface area contributed by atoms with Gasteiger partial charge in [0.2, 0.25) is 0 Å². The predicted octanol–water partition coefficient (Wildman–Crippen LogP) is 3.06. The fourth-order valence-electron chi connectivity index (χ4n) is 4.39. The van der Waals surface area contributed by atoms with Crippen LogP contribution in [-0.2, 0) is 17.6 Å². The molecule has 5 nitrogen and oxygen atoms in total. The van der Waals surface area contributed by atoms with Gasteiger partial charge in [0.1, 0.15) is 0 Å². The van der Waals surface area contributed by atoms with Crippen molar-refractivity contribution < 1.29 is 9.53 Å². The van der Waals surface area contributed by atoms with Crippen molar-refractivity contribution in [3.05, 3.63) is 23.5 Å². The molecule has 1 aliphatic heterocycles. The molecule has 2 heterocycles. The van der Waals surface area contributed by atoms with Crippen molar-refractivity contribution in [1.82, 2.24) is 14.8 Å². The molecule has 0 radical (unpaired) electrons. The lowest BCUT2D eigenvalue weighted by Crippen LogP contribution is -2.39. The maximum Gasteiger partial charge on any atom is 0.409 e. The first-order valence-corrected chi connectivity index (χ1v) is 9.42. The van der Waals surface area contributed by atoms with Crippen molar-refractivity contribution in [2.75, 3.05) is 33.3 Å². The summed E-state index contributed by atoms with van der Waals surface area (Å²) >= 11 is 0. The van der Waals surface area contributed by atoms with Crippen LogP contribution in [0.3, 0.4) is 0 Å². The van der Waals surface area contributed by atoms with Gasteiger partial charge in [-0.2, -0.15) is 0 Å². The second kappa shape index (κ2) is 8.06. The molecular weight excluding hydrogens is 302 g/mol. The largest absolute Gasteiger partial charge is 0.453 e. The lowest BCUT2D eigenvalue weighted by atomic mass is 9.90. The van der Waals surface area contributed by atoms with Crippen molar-refractivity contribution in [3.63, 3.8) is 0 Å². The molecule has 3 rings (SSSR count). The molecule has 134 valence electrons. The maximum absolute atomic E-state index is 11.6. The maximum atomic E-state index is 11.6. The Morgan fingerprint density at radius 1 is 1.38 bits per heavy atom. The first kappa shape index (κ1) is 17.3. The molecule has 0 bridgehead atoms.